The summed E-state index contributed by atoms with van der Waals surface area (Å²) in [6.07, 6.45) is -3.85. The number of nitrogens with one attached hydrogen (secondary N) is 1. The zero-order valence-corrected chi connectivity index (χ0v) is 12.1. The fraction of sp³-hybridized carbons (Fsp3) is 0.500. The Morgan fingerprint density at radius 1 is 1.15 bits per heavy atom. The van der Waals surface area contributed by atoms with Crippen LogP contribution >= 0.6 is 0 Å². The van der Waals surface area contributed by atoms with Crippen LogP contribution in [0.3, 0.4) is 0 Å². The number of hydrogen-bond donors (Lipinski definition) is 1. The summed E-state index contributed by atoms with van der Waals surface area (Å²) in [6, 6.07) is 3.43. The van der Waals surface area contributed by atoms with E-state index in [2.05, 4.69) is 4.72 Å². The molecule has 0 heterocycles. The average molecular weight is 310 g/mol. The number of alkyl halides is 3. The monoisotopic (exact) mass is 310 g/mol. The molecule has 8 heteroatoms. The molecule has 0 radical (unpaired) electrons. The van der Waals surface area contributed by atoms with Crippen LogP contribution in [0.4, 0.5) is 13.2 Å². The smallest absolute Gasteiger partial charge is 0.309 e. The van der Waals surface area contributed by atoms with E-state index >= 15 is 0 Å². The summed E-state index contributed by atoms with van der Waals surface area (Å²) in [5.41, 5.74) is -0.871. The lowest BCUT2D eigenvalue weighted by Crippen LogP contribution is -2.27. The predicted molar refractivity (Wildman–Crippen MR) is 69.8 cm³/mol. The molecule has 1 N–H and O–H groups in total. The van der Waals surface area contributed by atoms with Crippen LogP contribution in [0.25, 0.3) is 0 Å². The Morgan fingerprint density at radius 2 is 1.70 bits per heavy atom. The van der Waals surface area contributed by atoms with Gasteiger partial charge in [0.1, 0.15) is 0 Å². The number of sulfonamides is 1. The molecule has 1 rings (SSSR count). The van der Waals surface area contributed by atoms with Gasteiger partial charge in [0.15, 0.2) is 0 Å². The predicted octanol–water partition coefficient (Wildman–Crippen LogP) is 1.94. The molecule has 0 atom stereocenters. The topological polar surface area (TPSA) is 49.4 Å². The Bertz CT molecular complexity index is 525. The minimum atomic E-state index is -4.47. The molecule has 0 saturated heterocycles. The molecule has 0 amide bonds. The van der Waals surface area contributed by atoms with E-state index in [1.807, 2.05) is 19.0 Å². The van der Waals surface area contributed by atoms with Gasteiger partial charge in [-0.15, -0.1) is 0 Å². The highest BCUT2D eigenvalue weighted by Crippen LogP contribution is 2.29. The van der Waals surface area contributed by atoms with E-state index in [9.17, 15) is 21.6 Å². The molecule has 0 aliphatic carbocycles. The third-order valence-electron chi connectivity index (χ3n) is 2.57. The molecular formula is C12H17F3N2O2S. The number of hydrogen-bond acceptors (Lipinski definition) is 3. The Morgan fingerprint density at radius 3 is 2.15 bits per heavy atom. The third kappa shape index (κ3) is 5.10. The first kappa shape index (κ1) is 16.9. The Balaban J connectivity index is 2.69. The summed E-state index contributed by atoms with van der Waals surface area (Å²) in [6.45, 7) is 0.955. The quantitative estimate of drug-likeness (QED) is 0.817. The van der Waals surface area contributed by atoms with Crippen molar-refractivity contribution >= 4 is 10.0 Å². The molecule has 20 heavy (non-hydrogen) atoms. The maximum Gasteiger partial charge on any atom is 0.416 e. The first-order valence-corrected chi connectivity index (χ1v) is 7.43. The van der Waals surface area contributed by atoms with Crippen LogP contribution in [0.2, 0.25) is 0 Å². The molecular weight excluding hydrogens is 293 g/mol. The van der Waals surface area contributed by atoms with Crippen LogP contribution in [0.15, 0.2) is 29.2 Å². The lowest BCUT2D eigenvalue weighted by atomic mass is 10.2. The van der Waals surface area contributed by atoms with Gasteiger partial charge in [-0.2, -0.15) is 13.2 Å². The van der Waals surface area contributed by atoms with Gasteiger partial charge in [0.25, 0.3) is 0 Å². The highest BCUT2D eigenvalue weighted by molar-refractivity contribution is 7.89. The van der Waals surface area contributed by atoms with Crippen molar-refractivity contribution in [2.45, 2.75) is 17.5 Å². The lowest BCUT2D eigenvalue weighted by Gasteiger charge is -2.11. The van der Waals surface area contributed by atoms with E-state index in [4.69, 9.17) is 0 Å². The van der Waals surface area contributed by atoms with Gasteiger partial charge in [-0.05, 0) is 51.3 Å². The van der Waals surface area contributed by atoms with Gasteiger partial charge in [-0.25, -0.2) is 13.1 Å². The second kappa shape index (κ2) is 6.55. The summed E-state index contributed by atoms with van der Waals surface area (Å²) in [7, 11) is -0.0255. The molecule has 0 aliphatic heterocycles. The molecule has 0 fully saturated rings. The zero-order valence-electron chi connectivity index (χ0n) is 11.2. The van der Waals surface area contributed by atoms with E-state index in [0.717, 1.165) is 30.8 Å². The fourth-order valence-electron chi connectivity index (χ4n) is 1.51. The van der Waals surface area contributed by atoms with Crippen LogP contribution < -0.4 is 4.72 Å². The summed E-state index contributed by atoms with van der Waals surface area (Å²) < 4.78 is 63.1. The van der Waals surface area contributed by atoms with Crippen LogP contribution in [-0.2, 0) is 16.2 Å². The standard InChI is InChI=1S/C12H17F3N2O2S/c1-17(2)9-3-8-16-20(18,19)11-6-4-10(5-7-11)12(13,14)15/h4-7,16H,3,8-9H2,1-2H3. The Labute approximate surface area is 116 Å². The van der Waals surface area contributed by atoms with Crippen LogP contribution in [-0.4, -0.2) is 40.5 Å². The Kier molecular flexibility index (Phi) is 5.55. The number of nitrogens with zero attached hydrogens (tertiary/aromatic N) is 1. The first-order chi connectivity index (χ1) is 9.13. The van der Waals surface area contributed by atoms with Gasteiger partial charge in [-0.3, -0.25) is 0 Å². The summed E-state index contributed by atoms with van der Waals surface area (Å²) in [5.74, 6) is 0. The summed E-state index contributed by atoms with van der Waals surface area (Å²) in [4.78, 5) is 1.74. The van der Waals surface area contributed by atoms with Crippen molar-refractivity contribution in [1.82, 2.24) is 9.62 Å². The van der Waals surface area contributed by atoms with Crippen molar-refractivity contribution in [3.05, 3.63) is 29.8 Å². The number of rotatable bonds is 6. The minimum Gasteiger partial charge on any atom is -0.309 e. The molecule has 1 aromatic carbocycles. The van der Waals surface area contributed by atoms with E-state index in [1.165, 1.54) is 0 Å². The summed E-state index contributed by atoms with van der Waals surface area (Å²) in [5, 5.41) is 0. The van der Waals surface area contributed by atoms with E-state index in [1.54, 1.807) is 0 Å². The molecule has 0 aromatic heterocycles. The van der Waals surface area contributed by atoms with E-state index in [0.29, 0.717) is 6.42 Å². The van der Waals surface area contributed by atoms with Crippen molar-refractivity contribution < 1.29 is 21.6 Å². The van der Waals surface area contributed by atoms with Crippen molar-refractivity contribution in [2.75, 3.05) is 27.2 Å². The molecule has 0 saturated carbocycles. The van der Waals surface area contributed by atoms with Crippen molar-refractivity contribution in [3.8, 4) is 0 Å². The van der Waals surface area contributed by atoms with E-state index < -0.39 is 21.8 Å². The van der Waals surface area contributed by atoms with Crippen LogP contribution in [0.5, 0.6) is 0 Å². The van der Waals surface area contributed by atoms with Crippen LogP contribution in [0, 0.1) is 0 Å². The average Bonchev–Trinajstić information content (AvgIpc) is 2.34. The van der Waals surface area contributed by atoms with E-state index in [-0.39, 0.29) is 11.4 Å². The molecule has 0 spiro atoms. The number of halogens is 3. The van der Waals surface area contributed by atoms with Gasteiger partial charge in [-0.1, -0.05) is 0 Å². The molecule has 0 bridgehead atoms. The highest BCUT2D eigenvalue weighted by atomic mass is 32.2. The van der Waals surface area contributed by atoms with Gasteiger partial charge >= 0.3 is 6.18 Å². The molecule has 0 aliphatic rings. The molecule has 4 nitrogen and oxygen atoms in total. The molecule has 114 valence electrons. The van der Waals surface area contributed by atoms with Gasteiger partial charge in [0.2, 0.25) is 10.0 Å². The zero-order chi connectivity index (χ0) is 15.4. The van der Waals surface area contributed by atoms with Crippen molar-refractivity contribution in [1.29, 1.82) is 0 Å². The maximum atomic E-state index is 12.4. The first-order valence-electron chi connectivity index (χ1n) is 5.94. The van der Waals surface area contributed by atoms with Crippen molar-refractivity contribution in [2.24, 2.45) is 0 Å². The maximum absolute atomic E-state index is 12.4. The SMILES string of the molecule is CN(C)CCCNS(=O)(=O)c1ccc(C(F)(F)F)cc1. The normalized spacial score (nSPS) is 12.9. The second-order valence-electron chi connectivity index (χ2n) is 4.58. The molecule has 1 aromatic rings. The van der Waals surface area contributed by atoms with Crippen molar-refractivity contribution in [3.63, 3.8) is 0 Å². The van der Waals surface area contributed by atoms with Gasteiger partial charge in [0.05, 0.1) is 10.5 Å². The Hall–Kier alpha value is -1.12. The fourth-order valence-corrected chi connectivity index (χ4v) is 2.58. The number of benzene rings is 1. The van der Waals surface area contributed by atoms with Crippen LogP contribution in [0.1, 0.15) is 12.0 Å². The largest absolute Gasteiger partial charge is 0.416 e. The third-order valence-corrected chi connectivity index (χ3v) is 4.04. The van der Waals surface area contributed by atoms with Gasteiger partial charge in [0, 0.05) is 6.54 Å². The van der Waals surface area contributed by atoms with Gasteiger partial charge < -0.3 is 4.90 Å². The molecule has 0 unspecified atom stereocenters. The summed E-state index contributed by atoms with van der Waals surface area (Å²) >= 11 is 0. The highest BCUT2D eigenvalue weighted by Gasteiger charge is 2.30. The minimum absolute atomic E-state index is 0.171. The lowest BCUT2D eigenvalue weighted by molar-refractivity contribution is -0.137. The second-order valence-corrected chi connectivity index (χ2v) is 6.34.